The number of carbonyl (C=O) groups is 1. The van der Waals surface area contributed by atoms with Crippen LogP contribution in [0.2, 0.25) is 0 Å². The summed E-state index contributed by atoms with van der Waals surface area (Å²) in [6, 6.07) is 15.6. The number of aliphatic hydroxyl groups excluding tert-OH is 1. The fourth-order valence-corrected chi connectivity index (χ4v) is 3.69. The molecule has 0 radical (unpaired) electrons. The van der Waals surface area contributed by atoms with Crippen LogP contribution in [-0.4, -0.2) is 44.8 Å². The lowest BCUT2D eigenvalue weighted by atomic mass is 10.0. The average Bonchev–Trinajstić information content (AvgIpc) is 2.78. The maximum Gasteiger partial charge on any atom is 0.534 e. The number of ether oxygens (including phenoxy) is 1. The molecule has 0 fully saturated rings. The Morgan fingerprint density at radius 3 is 2.42 bits per heavy atom. The number of hydrogen-bond donors (Lipinski definition) is 2. The standard InChI is InChI=1S/C22H20F3NO6S/c1-31-21(28)18-8-4-5-9-19(18)26-13-16(27)12-15-11-10-14-6-2-3-7-17(14)20(15)32-33(29,30)22(23,24)25/h2-11,16,26-27H,12-13H2,1H3. The summed E-state index contributed by atoms with van der Waals surface area (Å²) in [5, 5.41) is 14.0. The van der Waals surface area contributed by atoms with Crippen LogP contribution in [0.15, 0.2) is 60.7 Å². The minimum Gasteiger partial charge on any atom is -0.465 e. The van der Waals surface area contributed by atoms with E-state index in [1.54, 1.807) is 36.4 Å². The van der Waals surface area contributed by atoms with Crippen LogP contribution in [0.25, 0.3) is 10.8 Å². The van der Waals surface area contributed by atoms with E-state index in [0.717, 1.165) is 0 Å². The lowest BCUT2D eigenvalue weighted by molar-refractivity contribution is -0.0499. The number of hydrogen-bond acceptors (Lipinski definition) is 7. The molecule has 0 saturated carbocycles. The fourth-order valence-electron chi connectivity index (χ4n) is 3.18. The number of carbonyl (C=O) groups excluding carboxylic acids is 1. The van der Waals surface area contributed by atoms with E-state index in [9.17, 15) is 31.5 Å². The van der Waals surface area contributed by atoms with Crippen molar-refractivity contribution in [1.29, 1.82) is 0 Å². The first kappa shape index (κ1) is 24.3. The van der Waals surface area contributed by atoms with Gasteiger partial charge in [-0.2, -0.15) is 21.6 Å². The highest BCUT2D eigenvalue weighted by molar-refractivity contribution is 7.88. The second-order valence-electron chi connectivity index (χ2n) is 7.03. The molecule has 0 spiro atoms. The Balaban J connectivity index is 1.87. The Bertz CT molecular complexity index is 1260. The maximum absolute atomic E-state index is 12.9. The quantitative estimate of drug-likeness (QED) is 0.285. The summed E-state index contributed by atoms with van der Waals surface area (Å²) < 4.78 is 71.4. The molecule has 11 heteroatoms. The summed E-state index contributed by atoms with van der Waals surface area (Å²) in [6.07, 6.45) is -1.38. The predicted molar refractivity (Wildman–Crippen MR) is 116 cm³/mol. The van der Waals surface area contributed by atoms with Crippen molar-refractivity contribution in [3.63, 3.8) is 0 Å². The molecule has 0 aliphatic carbocycles. The van der Waals surface area contributed by atoms with E-state index in [0.29, 0.717) is 11.1 Å². The second kappa shape index (κ2) is 9.67. The van der Waals surface area contributed by atoms with Gasteiger partial charge in [-0.3, -0.25) is 0 Å². The summed E-state index contributed by atoms with van der Waals surface area (Å²) in [7, 11) is -4.70. The zero-order chi connectivity index (χ0) is 24.2. The molecular weight excluding hydrogens is 463 g/mol. The molecule has 0 saturated heterocycles. The van der Waals surface area contributed by atoms with Crippen molar-refractivity contribution in [3.8, 4) is 5.75 Å². The Morgan fingerprint density at radius 1 is 1.06 bits per heavy atom. The highest BCUT2D eigenvalue weighted by Gasteiger charge is 2.49. The van der Waals surface area contributed by atoms with Crippen molar-refractivity contribution >= 4 is 32.5 Å². The van der Waals surface area contributed by atoms with Gasteiger partial charge < -0.3 is 19.3 Å². The number of para-hydroxylation sites is 1. The number of anilines is 1. The lowest BCUT2D eigenvalue weighted by Gasteiger charge is -2.18. The van der Waals surface area contributed by atoms with Crippen LogP contribution in [-0.2, 0) is 21.3 Å². The van der Waals surface area contributed by atoms with Crippen LogP contribution in [0.4, 0.5) is 18.9 Å². The Hall–Kier alpha value is -3.31. The Labute approximate surface area is 187 Å². The molecule has 1 unspecified atom stereocenters. The zero-order valence-corrected chi connectivity index (χ0v) is 18.1. The van der Waals surface area contributed by atoms with Gasteiger partial charge in [-0.25, -0.2) is 4.79 Å². The van der Waals surface area contributed by atoms with Crippen LogP contribution in [0.3, 0.4) is 0 Å². The van der Waals surface area contributed by atoms with Crippen LogP contribution in [0.1, 0.15) is 15.9 Å². The highest BCUT2D eigenvalue weighted by Crippen LogP contribution is 2.35. The van der Waals surface area contributed by atoms with Crippen molar-refractivity contribution in [3.05, 3.63) is 71.8 Å². The number of aliphatic hydroxyl groups is 1. The summed E-state index contributed by atoms with van der Waals surface area (Å²) in [4.78, 5) is 11.9. The number of alkyl halides is 3. The molecule has 3 aromatic carbocycles. The summed E-state index contributed by atoms with van der Waals surface area (Å²) in [5.74, 6) is -1.09. The van der Waals surface area contributed by atoms with Crippen molar-refractivity contribution in [2.24, 2.45) is 0 Å². The van der Waals surface area contributed by atoms with Gasteiger partial charge in [0.25, 0.3) is 0 Å². The van der Waals surface area contributed by atoms with Gasteiger partial charge in [0.1, 0.15) is 0 Å². The minimum atomic E-state index is -5.92. The largest absolute Gasteiger partial charge is 0.534 e. The van der Waals surface area contributed by atoms with E-state index in [4.69, 9.17) is 4.74 Å². The third-order valence-corrected chi connectivity index (χ3v) is 5.71. The van der Waals surface area contributed by atoms with Crippen LogP contribution in [0, 0.1) is 0 Å². The number of halogens is 3. The SMILES string of the molecule is COC(=O)c1ccccc1NCC(O)Cc1ccc2ccccc2c1OS(=O)(=O)C(F)(F)F. The zero-order valence-electron chi connectivity index (χ0n) is 17.3. The molecule has 176 valence electrons. The van der Waals surface area contributed by atoms with Gasteiger partial charge in [0.05, 0.1) is 18.8 Å². The molecular formula is C22H20F3NO6S. The fraction of sp³-hybridized carbons (Fsp3) is 0.227. The minimum absolute atomic E-state index is 0.0667. The Kier molecular flexibility index (Phi) is 7.13. The van der Waals surface area contributed by atoms with Gasteiger partial charge in [0.2, 0.25) is 0 Å². The highest BCUT2D eigenvalue weighted by atomic mass is 32.2. The summed E-state index contributed by atoms with van der Waals surface area (Å²) >= 11 is 0. The Morgan fingerprint density at radius 2 is 1.73 bits per heavy atom. The van der Waals surface area contributed by atoms with Crippen molar-refractivity contribution in [2.75, 3.05) is 19.0 Å². The number of benzene rings is 3. The summed E-state index contributed by atoms with van der Waals surface area (Å²) in [6.45, 7) is -0.0910. The van der Waals surface area contributed by atoms with Gasteiger partial charge in [-0.15, -0.1) is 0 Å². The third-order valence-electron chi connectivity index (χ3n) is 4.75. The average molecular weight is 483 g/mol. The maximum atomic E-state index is 12.9. The smallest absolute Gasteiger partial charge is 0.465 e. The number of rotatable bonds is 8. The first-order valence-corrected chi connectivity index (χ1v) is 11.0. The molecule has 3 rings (SSSR count). The lowest BCUT2D eigenvalue weighted by Crippen LogP contribution is -2.29. The van der Waals surface area contributed by atoms with Crippen LogP contribution >= 0.6 is 0 Å². The number of esters is 1. The topological polar surface area (TPSA) is 102 Å². The molecule has 0 amide bonds. The number of fused-ring (bicyclic) bond motifs is 1. The number of methoxy groups -OCH3 is 1. The summed E-state index contributed by atoms with van der Waals surface area (Å²) in [5.41, 5.74) is -4.92. The van der Waals surface area contributed by atoms with Crippen molar-refractivity contribution < 1.29 is 40.4 Å². The molecule has 0 heterocycles. The molecule has 0 aromatic heterocycles. The van der Waals surface area contributed by atoms with E-state index >= 15 is 0 Å². The van der Waals surface area contributed by atoms with E-state index < -0.39 is 33.4 Å². The van der Waals surface area contributed by atoms with E-state index in [2.05, 4.69) is 9.50 Å². The van der Waals surface area contributed by atoms with Crippen molar-refractivity contribution in [1.82, 2.24) is 0 Å². The third kappa shape index (κ3) is 5.55. The van der Waals surface area contributed by atoms with Gasteiger partial charge in [-0.1, -0.05) is 48.5 Å². The molecule has 3 aromatic rings. The molecule has 1 atom stereocenters. The molecule has 2 N–H and O–H groups in total. The first-order chi connectivity index (χ1) is 15.5. The number of nitrogens with one attached hydrogen (secondary N) is 1. The van der Waals surface area contributed by atoms with Crippen LogP contribution in [0.5, 0.6) is 5.75 Å². The normalized spacial score (nSPS) is 12.9. The first-order valence-electron chi connectivity index (χ1n) is 9.64. The van der Waals surface area contributed by atoms with Gasteiger partial charge >= 0.3 is 21.6 Å². The van der Waals surface area contributed by atoms with Crippen molar-refractivity contribution in [2.45, 2.75) is 18.0 Å². The van der Waals surface area contributed by atoms with Gasteiger partial charge in [-0.05, 0) is 23.1 Å². The van der Waals surface area contributed by atoms with Crippen LogP contribution < -0.4 is 9.50 Å². The second-order valence-corrected chi connectivity index (χ2v) is 8.57. The molecule has 33 heavy (non-hydrogen) atoms. The molecule has 0 aliphatic heterocycles. The van der Waals surface area contributed by atoms with Gasteiger partial charge in [0, 0.05) is 24.0 Å². The van der Waals surface area contributed by atoms with E-state index in [1.165, 1.54) is 31.4 Å². The van der Waals surface area contributed by atoms with E-state index in [-0.39, 0.29) is 29.5 Å². The molecule has 0 aliphatic rings. The molecule has 0 bridgehead atoms. The monoisotopic (exact) mass is 483 g/mol. The molecule has 7 nitrogen and oxygen atoms in total. The van der Waals surface area contributed by atoms with E-state index in [1.807, 2.05) is 0 Å². The predicted octanol–water partition coefficient (Wildman–Crippen LogP) is 3.87. The van der Waals surface area contributed by atoms with Gasteiger partial charge in [0.15, 0.2) is 5.75 Å².